The molecule has 8 heteroatoms. The van der Waals surface area contributed by atoms with Crippen LogP contribution in [-0.2, 0) is 0 Å². The maximum Gasteiger partial charge on any atom is 0.275 e. The number of rotatable bonds is 6. The topological polar surface area (TPSA) is 86.2 Å². The van der Waals surface area contributed by atoms with E-state index < -0.39 is 0 Å². The minimum absolute atomic E-state index is 0.291. The number of para-hydroxylation sites is 1. The Labute approximate surface area is 183 Å². The van der Waals surface area contributed by atoms with E-state index in [1.54, 1.807) is 25.8 Å². The van der Waals surface area contributed by atoms with Gasteiger partial charge in [0.2, 0.25) is 0 Å². The molecule has 0 atom stereocenters. The van der Waals surface area contributed by atoms with E-state index in [9.17, 15) is 4.79 Å². The molecule has 7 nitrogen and oxygen atoms in total. The molecular formula is C23H20N4O3S. The SMILES string of the molecule is COc1cccc(-c2nc(C(=O)Nc3cccc(-c4ccnc(C)n4)c3)cs2)c1OC. The van der Waals surface area contributed by atoms with Crippen LogP contribution in [0.15, 0.2) is 60.1 Å². The first-order chi connectivity index (χ1) is 15.1. The Hall–Kier alpha value is -3.78. The minimum atomic E-state index is -0.291. The molecule has 2 heterocycles. The van der Waals surface area contributed by atoms with E-state index in [2.05, 4.69) is 20.3 Å². The van der Waals surface area contributed by atoms with Crippen molar-refractivity contribution in [2.24, 2.45) is 0 Å². The lowest BCUT2D eigenvalue weighted by Crippen LogP contribution is -2.12. The van der Waals surface area contributed by atoms with Crippen LogP contribution in [0.25, 0.3) is 21.8 Å². The number of amides is 1. The highest BCUT2D eigenvalue weighted by molar-refractivity contribution is 7.13. The molecule has 0 aliphatic rings. The molecular weight excluding hydrogens is 412 g/mol. The Morgan fingerprint density at radius 2 is 1.87 bits per heavy atom. The number of methoxy groups -OCH3 is 2. The fraction of sp³-hybridized carbons (Fsp3) is 0.130. The molecule has 2 aromatic carbocycles. The number of aromatic nitrogens is 3. The number of carbonyl (C=O) groups excluding carboxylic acids is 1. The van der Waals surface area contributed by atoms with Crippen LogP contribution in [0.2, 0.25) is 0 Å². The number of nitrogens with zero attached hydrogens (tertiary/aromatic N) is 3. The number of hydrogen-bond donors (Lipinski definition) is 1. The molecule has 0 saturated heterocycles. The average molecular weight is 433 g/mol. The highest BCUT2D eigenvalue weighted by atomic mass is 32.1. The maximum absolute atomic E-state index is 12.8. The number of aryl methyl sites for hydroxylation is 1. The van der Waals surface area contributed by atoms with Crippen LogP contribution in [0, 0.1) is 6.92 Å². The van der Waals surface area contributed by atoms with Crippen LogP contribution in [0.3, 0.4) is 0 Å². The molecule has 4 rings (SSSR count). The zero-order valence-corrected chi connectivity index (χ0v) is 18.1. The molecule has 0 fully saturated rings. The summed E-state index contributed by atoms with van der Waals surface area (Å²) in [6.45, 7) is 1.84. The normalized spacial score (nSPS) is 10.5. The fourth-order valence-electron chi connectivity index (χ4n) is 3.13. The molecule has 31 heavy (non-hydrogen) atoms. The van der Waals surface area contributed by atoms with Gasteiger partial charge < -0.3 is 14.8 Å². The third-order valence-electron chi connectivity index (χ3n) is 4.56. The molecule has 0 radical (unpaired) electrons. The van der Waals surface area contributed by atoms with Crippen LogP contribution < -0.4 is 14.8 Å². The zero-order chi connectivity index (χ0) is 21.8. The summed E-state index contributed by atoms with van der Waals surface area (Å²) in [5.74, 6) is 1.59. The number of benzene rings is 2. The molecule has 0 unspecified atom stereocenters. The first kappa shape index (κ1) is 20.5. The average Bonchev–Trinajstić information content (AvgIpc) is 3.29. The van der Waals surface area contributed by atoms with Gasteiger partial charge >= 0.3 is 0 Å². The van der Waals surface area contributed by atoms with E-state index in [4.69, 9.17) is 9.47 Å². The van der Waals surface area contributed by atoms with Gasteiger partial charge in [-0.2, -0.15) is 0 Å². The Morgan fingerprint density at radius 3 is 2.65 bits per heavy atom. The first-order valence-corrected chi connectivity index (χ1v) is 10.4. The Bertz CT molecular complexity index is 1240. The summed E-state index contributed by atoms with van der Waals surface area (Å²) in [6.07, 6.45) is 1.71. The summed E-state index contributed by atoms with van der Waals surface area (Å²) in [5, 5.41) is 5.30. The second kappa shape index (κ2) is 8.93. The fourth-order valence-corrected chi connectivity index (χ4v) is 3.95. The van der Waals surface area contributed by atoms with Gasteiger partial charge in [-0.15, -0.1) is 11.3 Å². The predicted octanol–water partition coefficient (Wildman–Crippen LogP) is 4.85. The van der Waals surface area contributed by atoms with Crippen molar-refractivity contribution in [1.82, 2.24) is 15.0 Å². The van der Waals surface area contributed by atoms with Crippen molar-refractivity contribution < 1.29 is 14.3 Å². The molecule has 1 N–H and O–H groups in total. The first-order valence-electron chi connectivity index (χ1n) is 9.47. The van der Waals surface area contributed by atoms with E-state index in [1.807, 2.05) is 55.5 Å². The molecule has 2 aromatic heterocycles. The number of ether oxygens (including phenoxy) is 2. The number of anilines is 1. The summed E-state index contributed by atoms with van der Waals surface area (Å²) in [6, 6.07) is 14.9. The molecule has 0 aliphatic heterocycles. The van der Waals surface area contributed by atoms with Gasteiger partial charge in [0.25, 0.3) is 5.91 Å². The van der Waals surface area contributed by atoms with Crippen molar-refractivity contribution in [3.8, 4) is 33.3 Å². The molecule has 0 aliphatic carbocycles. The number of nitrogens with one attached hydrogen (secondary N) is 1. The minimum Gasteiger partial charge on any atom is -0.493 e. The van der Waals surface area contributed by atoms with E-state index in [0.29, 0.717) is 33.7 Å². The van der Waals surface area contributed by atoms with Gasteiger partial charge in [-0.3, -0.25) is 4.79 Å². The van der Waals surface area contributed by atoms with Gasteiger partial charge in [0.05, 0.1) is 25.5 Å². The van der Waals surface area contributed by atoms with Crippen molar-refractivity contribution in [2.75, 3.05) is 19.5 Å². The molecule has 1 amide bonds. The summed E-state index contributed by atoms with van der Waals surface area (Å²) < 4.78 is 10.8. The Morgan fingerprint density at radius 1 is 1.03 bits per heavy atom. The maximum atomic E-state index is 12.8. The number of thiazole rings is 1. The standard InChI is InChI=1S/C23H20N4O3S/c1-14-24-11-10-18(25-14)15-6-4-7-16(12-15)26-22(28)19-13-31-23(27-19)17-8-5-9-20(29-2)21(17)30-3/h4-13H,1-3H3,(H,26,28). The van der Waals surface area contributed by atoms with E-state index >= 15 is 0 Å². The monoisotopic (exact) mass is 432 g/mol. The molecule has 0 saturated carbocycles. The Kier molecular flexibility index (Phi) is 5.90. The highest BCUT2D eigenvalue weighted by Gasteiger charge is 2.17. The van der Waals surface area contributed by atoms with E-state index in [1.165, 1.54) is 11.3 Å². The second-order valence-corrected chi connectivity index (χ2v) is 7.46. The van der Waals surface area contributed by atoms with Gasteiger partial charge in [-0.1, -0.05) is 18.2 Å². The highest BCUT2D eigenvalue weighted by Crippen LogP contribution is 2.39. The van der Waals surface area contributed by atoms with Gasteiger partial charge in [0.1, 0.15) is 16.5 Å². The zero-order valence-electron chi connectivity index (χ0n) is 17.2. The molecule has 0 bridgehead atoms. The van der Waals surface area contributed by atoms with Crippen LogP contribution in [0.1, 0.15) is 16.3 Å². The summed E-state index contributed by atoms with van der Waals surface area (Å²) >= 11 is 1.37. The molecule has 156 valence electrons. The van der Waals surface area contributed by atoms with Gasteiger partial charge in [0.15, 0.2) is 11.5 Å². The smallest absolute Gasteiger partial charge is 0.275 e. The van der Waals surface area contributed by atoms with Crippen LogP contribution in [0.4, 0.5) is 5.69 Å². The summed E-state index contributed by atoms with van der Waals surface area (Å²) in [7, 11) is 3.16. The lowest BCUT2D eigenvalue weighted by atomic mass is 10.1. The van der Waals surface area contributed by atoms with Crippen LogP contribution in [-0.4, -0.2) is 35.1 Å². The summed E-state index contributed by atoms with van der Waals surface area (Å²) in [4.78, 5) is 25.8. The van der Waals surface area contributed by atoms with E-state index in [0.717, 1.165) is 16.8 Å². The Balaban J connectivity index is 1.56. The van der Waals surface area contributed by atoms with Crippen molar-refractivity contribution in [3.63, 3.8) is 0 Å². The van der Waals surface area contributed by atoms with Crippen molar-refractivity contribution in [2.45, 2.75) is 6.92 Å². The van der Waals surface area contributed by atoms with Crippen molar-refractivity contribution >= 4 is 22.9 Å². The summed E-state index contributed by atoms with van der Waals surface area (Å²) in [5.41, 5.74) is 3.44. The van der Waals surface area contributed by atoms with Gasteiger partial charge in [-0.25, -0.2) is 15.0 Å². The third-order valence-corrected chi connectivity index (χ3v) is 5.44. The van der Waals surface area contributed by atoms with Crippen LogP contribution >= 0.6 is 11.3 Å². The van der Waals surface area contributed by atoms with Crippen molar-refractivity contribution in [1.29, 1.82) is 0 Å². The largest absolute Gasteiger partial charge is 0.493 e. The lowest BCUT2D eigenvalue weighted by molar-refractivity contribution is 0.102. The van der Waals surface area contributed by atoms with Gasteiger partial charge in [-0.05, 0) is 37.3 Å². The number of carbonyl (C=O) groups is 1. The number of hydrogen-bond acceptors (Lipinski definition) is 7. The predicted molar refractivity (Wildman–Crippen MR) is 121 cm³/mol. The molecule has 0 spiro atoms. The second-order valence-electron chi connectivity index (χ2n) is 6.60. The van der Waals surface area contributed by atoms with Crippen LogP contribution in [0.5, 0.6) is 11.5 Å². The quantitative estimate of drug-likeness (QED) is 0.469. The molecule has 4 aromatic rings. The third kappa shape index (κ3) is 4.39. The lowest BCUT2D eigenvalue weighted by Gasteiger charge is -2.10. The van der Waals surface area contributed by atoms with Crippen molar-refractivity contribution in [3.05, 3.63) is 71.6 Å². The van der Waals surface area contributed by atoms with Gasteiger partial charge in [0, 0.05) is 22.8 Å². The van der Waals surface area contributed by atoms with E-state index in [-0.39, 0.29) is 5.91 Å².